The third kappa shape index (κ3) is 4.40. The number of hydrogen-bond donors (Lipinski definition) is 1. The van der Waals surface area contributed by atoms with Crippen LogP contribution < -0.4 is 4.74 Å². The van der Waals surface area contributed by atoms with Crippen molar-refractivity contribution in [2.24, 2.45) is 4.99 Å². The summed E-state index contributed by atoms with van der Waals surface area (Å²) in [6.45, 7) is 22.3. The zero-order valence-electron chi connectivity index (χ0n) is 24.1. The normalized spacial score (nSPS) is 19.7. The van der Waals surface area contributed by atoms with Crippen LogP contribution in [0.15, 0.2) is 47.5 Å². The molecule has 4 aromatic rings. The Labute approximate surface area is 254 Å². The maximum Gasteiger partial charge on any atom is 0.238 e. The zero-order valence-corrected chi connectivity index (χ0v) is 26.3. The Bertz CT molecular complexity index is 1790. The van der Waals surface area contributed by atoms with Gasteiger partial charge in [-0.15, -0.1) is 5.56 Å². The van der Waals surface area contributed by atoms with Crippen LogP contribution in [0.5, 0.6) is 17.5 Å². The van der Waals surface area contributed by atoms with Gasteiger partial charge in [0, 0.05) is 54.8 Å². The summed E-state index contributed by atoms with van der Waals surface area (Å²) in [7, 11) is 0. The van der Waals surface area contributed by atoms with Gasteiger partial charge in [-0.05, 0) is 30.2 Å². The Morgan fingerprint density at radius 1 is 0.976 bits per heavy atom. The molecule has 2 aliphatic rings. The second-order valence-electron chi connectivity index (χ2n) is 11.9. The van der Waals surface area contributed by atoms with Crippen molar-refractivity contribution >= 4 is 22.5 Å². The number of aromatic nitrogens is 2. The van der Waals surface area contributed by atoms with Gasteiger partial charge >= 0.3 is 0 Å². The van der Waals surface area contributed by atoms with Crippen LogP contribution in [0, 0.1) is 33.4 Å². The van der Waals surface area contributed by atoms with Gasteiger partial charge in [0.15, 0.2) is 0 Å². The van der Waals surface area contributed by atoms with E-state index in [1.807, 2.05) is 32.9 Å². The van der Waals surface area contributed by atoms with Gasteiger partial charge in [0.25, 0.3) is 0 Å². The van der Waals surface area contributed by atoms with E-state index in [4.69, 9.17) is 21.0 Å². The van der Waals surface area contributed by atoms with Crippen molar-refractivity contribution in [1.29, 1.82) is 0 Å². The molecule has 8 heteroatoms. The molecule has 0 amide bonds. The fraction of sp³-hybridized carbons (Fsp3) is 0.333. The SMILES string of the molecule is [C-]#[N+]c1c(C)c(Oc2ccc3cc(C)nc(O)c3n2)[c-]c(C2=N[C@@H]3C(O2)C(C)(C)c2ccccc2C3(C)C)c1C.[Pt]. The molecule has 0 saturated heterocycles. The van der Waals surface area contributed by atoms with Gasteiger partial charge in [-0.1, -0.05) is 83.0 Å². The molecule has 1 aliphatic carbocycles. The molecule has 1 N–H and O–H groups in total. The van der Waals surface area contributed by atoms with E-state index in [-0.39, 0.29) is 55.8 Å². The minimum absolute atomic E-state index is 0. The van der Waals surface area contributed by atoms with Crippen molar-refractivity contribution in [1.82, 2.24) is 9.97 Å². The molecule has 2 aromatic heterocycles. The number of rotatable bonds is 3. The Morgan fingerprint density at radius 2 is 1.66 bits per heavy atom. The predicted molar refractivity (Wildman–Crippen MR) is 155 cm³/mol. The molecule has 212 valence electrons. The number of pyridine rings is 2. The third-order valence-electron chi connectivity index (χ3n) is 8.50. The summed E-state index contributed by atoms with van der Waals surface area (Å²) in [6, 6.07) is 17.2. The summed E-state index contributed by atoms with van der Waals surface area (Å²) in [5.74, 6) is 0.940. The van der Waals surface area contributed by atoms with Crippen molar-refractivity contribution in [2.45, 2.75) is 71.4 Å². The van der Waals surface area contributed by atoms with Crippen LogP contribution in [0.3, 0.4) is 0 Å². The number of ether oxygens (including phenoxy) is 2. The average molecular weight is 727 g/mol. The Kier molecular flexibility index (Phi) is 6.99. The maximum atomic E-state index is 10.3. The van der Waals surface area contributed by atoms with Crippen molar-refractivity contribution in [3.05, 3.63) is 93.5 Å². The number of aliphatic imine (C=N–C) groups is 1. The molecule has 41 heavy (non-hydrogen) atoms. The molecular formula is C33H31N4O3Pt-. The second-order valence-corrected chi connectivity index (χ2v) is 11.9. The molecule has 2 aromatic carbocycles. The molecule has 0 bridgehead atoms. The third-order valence-corrected chi connectivity index (χ3v) is 8.50. The summed E-state index contributed by atoms with van der Waals surface area (Å²) < 4.78 is 12.9. The number of benzene rings is 2. The topological polar surface area (TPSA) is 81.2 Å². The zero-order chi connectivity index (χ0) is 28.6. The number of aromatic hydroxyl groups is 1. The van der Waals surface area contributed by atoms with Gasteiger partial charge in [-0.3, -0.25) is 9.84 Å². The van der Waals surface area contributed by atoms with Crippen LogP contribution in [0.1, 0.15) is 61.2 Å². The van der Waals surface area contributed by atoms with Gasteiger partial charge in [0.05, 0.1) is 12.6 Å². The van der Waals surface area contributed by atoms with E-state index in [1.54, 1.807) is 6.07 Å². The van der Waals surface area contributed by atoms with Gasteiger partial charge in [-0.2, -0.15) is 0 Å². The molecule has 0 saturated carbocycles. The van der Waals surface area contributed by atoms with Gasteiger partial charge in [-0.25, -0.2) is 9.97 Å². The van der Waals surface area contributed by atoms with E-state index in [0.717, 1.165) is 10.9 Å². The molecule has 0 radical (unpaired) electrons. The summed E-state index contributed by atoms with van der Waals surface area (Å²) in [5.41, 5.74) is 5.53. The quantitative estimate of drug-likeness (QED) is 0.226. The van der Waals surface area contributed by atoms with E-state index >= 15 is 0 Å². The summed E-state index contributed by atoms with van der Waals surface area (Å²) >= 11 is 0. The van der Waals surface area contributed by atoms with E-state index in [2.05, 4.69) is 72.8 Å². The van der Waals surface area contributed by atoms with Crippen LogP contribution >= 0.6 is 0 Å². The van der Waals surface area contributed by atoms with Gasteiger partial charge in [0.2, 0.25) is 11.8 Å². The number of nitrogens with zero attached hydrogens (tertiary/aromatic N) is 4. The van der Waals surface area contributed by atoms with E-state index < -0.39 is 0 Å². The van der Waals surface area contributed by atoms with Crippen molar-refractivity contribution in [2.75, 3.05) is 0 Å². The molecule has 0 fully saturated rings. The second kappa shape index (κ2) is 9.96. The first-order chi connectivity index (χ1) is 18.9. The van der Waals surface area contributed by atoms with Crippen molar-refractivity contribution in [3.63, 3.8) is 0 Å². The number of hydrogen-bond acceptors (Lipinski definition) is 6. The summed E-state index contributed by atoms with van der Waals surface area (Å²) in [6.07, 6.45) is -0.177. The first-order valence-electron chi connectivity index (χ1n) is 13.4. The van der Waals surface area contributed by atoms with Crippen LogP contribution in [-0.4, -0.2) is 33.1 Å². The standard InChI is InChI=1S/C33H31N4O3.Pt/c1-17-15-20-13-14-25(36-27(20)30(38)35-17)39-24-16-21(18(2)26(34-8)19(24)3)31-37-28-29(40-31)33(6,7)23-12-10-9-11-22(23)32(28,4)5;/h9-15,28-29H,1-7H3,(H,35,38);/q-1;/t28-,29?;/m1./s1. The first-order valence-corrected chi connectivity index (χ1v) is 13.4. The first kappa shape index (κ1) is 28.8. The molecule has 6 rings (SSSR count). The Hall–Kier alpha value is -3.75. The summed E-state index contributed by atoms with van der Waals surface area (Å²) in [4.78, 5) is 17.6. The Balaban J connectivity index is 0.00000337. The number of aryl methyl sites for hydroxylation is 1. The molecule has 2 atom stereocenters. The summed E-state index contributed by atoms with van der Waals surface area (Å²) in [5, 5.41) is 11.1. The van der Waals surface area contributed by atoms with Gasteiger partial charge < -0.3 is 14.6 Å². The average Bonchev–Trinajstić information content (AvgIpc) is 3.38. The molecular weight excluding hydrogens is 695 g/mol. The fourth-order valence-corrected chi connectivity index (χ4v) is 6.21. The van der Waals surface area contributed by atoms with Crippen LogP contribution in [0.2, 0.25) is 0 Å². The van der Waals surface area contributed by atoms with Crippen molar-refractivity contribution < 1.29 is 35.6 Å². The fourth-order valence-electron chi connectivity index (χ4n) is 6.21. The molecule has 1 aliphatic heterocycles. The van der Waals surface area contributed by atoms with E-state index in [0.29, 0.717) is 39.7 Å². The van der Waals surface area contributed by atoms with Crippen LogP contribution in [-0.2, 0) is 36.6 Å². The monoisotopic (exact) mass is 726 g/mol. The molecule has 3 heterocycles. The predicted octanol–water partition coefficient (Wildman–Crippen LogP) is 7.18. The smallest absolute Gasteiger partial charge is 0.238 e. The molecule has 0 spiro atoms. The molecule has 1 unspecified atom stereocenters. The van der Waals surface area contributed by atoms with Crippen molar-refractivity contribution in [3.8, 4) is 17.5 Å². The van der Waals surface area contributed by atoms with E-state index in [9.17, 15) is 5.11 Å². The minimum Gasteiger partial charge on any atom is -0.514 e. The largest absolute Gasteiger partial charge is 0.514 e. The van der Waals surface area contributed by atoms with E-state index in [1.165, 1.54) is 11.1 Å². The number of fused-ring (bicyclic) bond motifs is 3. The minimum atomic E-state index is -0.272. The molecule has 7 nitrogen and oxygen atoms in total. The van der Waals surface area contributed by atoms with Crippen LogP contribution in [0.25, 0.3) is 15.7 Å². The van der Waals surface area contributed by atoms with Crippen LogP contribution in [0.4, 0.5) is 5.69 Å². The van der Waals surface area contributed by atoms with Gasteiger partial charge in [0.1, 0.15) is 23.2 Å². The Morgan fingerprint density at radius 3 is 2.34 bits per heavy atom. The maximum absolute atomic E-state index is 10.3.